The van der Waals surface area contributed by atoms with Gasteiger partial charge in [0, 0.05) is 42.2 Å². The molecule has 1 spiro atoms. The number of carbonyl (C=O) groups is 2. The number of nitrogens with zero attached hydrogens (tertiary/aromatic N) is 2. The first-order valence-corrected chi connectivity index (χ1v) is 13.3. The van der Waals surface area contributed by atoms with E-state index in [1.807, 2.05) is 18.2 Å². The molecule has 0 radical (unpaired) electrons. The number of benzene rings is 3. The van der Waals surface area contributed by atoms with E-state index in [1.165, 1.54) is 11.1 Å². The molecule has 3 N–H and O–H groups in total. The van der Waals surface area contributed by atoms with Gasteiger partial charge >= 0.3 is 12.1 Å². The standard InChI is InChI=1S/C28H26N4O2.C2HF3O2/c33-27-28(22-3-1-2-4-24(22)29-27)16-23(28)20-9-10-21-25(15-20)30-31-26(21)19-7-5-18(6-8-19)17-32-11-13-34-14-12-32;3-2(4,5)1(6)7/h1-10,15,23H,11-14,16-17H2,(H,29,33)(H,30,31);(H,6,7). The predicted octanol–water partition coefficient (Wildman–Crippen LogP) is 5.07. The monoisotopic (exact) mass is 564 g/mol. The van der Waals surface area contributed by atoms with Gasteiger partial charge in [-0.3, -0.25) is 14.8 Å². The Balaban J connectivity index is 0.000000387. The zero-order chi connectivity index (χ0) is 28.8. The van der Waals surface area contributed by atoms with Gasteiger partial charge in [0.25, 0.3) is 0 Å². The van der Waals surface area contributed by atoms with E-state index in [4.69, 9.17) is 14.6 Å². The Bertz CT molecular complexity index is 1610. The number of hydrogen-bond donors (Lipinski definition) is 3. The van der Waals surface area contributed by atoms with Crippen molar-refractivity contribution in [3.63, 3.8) is 0 Å². The maximum atomic E-state index is 12.9. The highest BCUT2D eigenvalue weighted by Gasteiger charge is 2.65. The number of carboxylic acid groups (broad SMARTS) is 1. The molecule has 7 rings (SSSR count). The first kappa shape index (κ1) is 27.0. The molecule has 11 heteroatoms. The molecule has 8 nitrogen and oxygen atoms in total. The Morgan fingerprint density at radius 1 is 1.07 bits per heavy atom. The number of H-pyrrole nitrogens is 1. The molecule has 1 amide bonds. The first-order valence-electron chi connectivity index (χ1n) is 13.3. The van der Waals surface area contributed by atoms with Crippen LogP contribution in [0.1, 0.15) is 29.0 Å². The number of aromatic nitrogens is 2. The molecule has 2 fully saturated rings. The van der Waals surface area contributed by atoms with E-state index >= 15 is 0 Å². The fourth-order valence-corrected chi connectivity index (χ4v) is 5.81. The Morgan fingerprint density at radius 3 is 2.49 bits per heavy atom. The Morgan fingerprint density at radius 2 is 1.78 bits per heavy atom. The van der Waals surface area contributed by atoms with Crippen molar-refractivity contribution in [3.8, 4) is 11.3 Å². The van der Waals surface area contributed by atoms with E-state index in [0.29, 0.717) is 0 Å². The van der Waals surface area contributed by atoms with Crippen molar-refractivity contribution in [2.24, 2.45) is 0 Å². The van der Waals surface area contributed by atoms with E-state index in [0.717, 1.165) is 72.7 Å². The SMILES string of the molecule is O=C(O)C(F)(F)F.O=C1Nc2ccccc2C12CC2c1ccc2c(-c3ccc(CN4CCOCC4)cc3)n[nH]c2c1. The molecule has 1 aliphatic carbocycles. The summed E-state index contributed by atoms with van der Waals surface area (Å²) in [4.78, 5) is 24.2. The summed E-state index contributed by atoms with van der Waals surface area (Å²) in [5, 5.41) is 19.2. The minimum Gasteiger partial charge on any atom is -0.475 e. The summed E-state index contributed by atoms with van der Waals surface area (Å²) in [5.41, 5.74) is 7.26. The number of alkyl halides is 3. The zero-order valence-electron chi connectivity index (χ0n) is 21.9. The van der Waals surface area contributed by atoms with Crippen LogP contribution in [-0.4, -0.2) is 64.6 Å². The summed E-state index contributed by atoms with van der Waals surface area (Å²) >= 11 is 0. The van der Waals surface area contributed by atoms with Gasteiger partial charge in [0.1, 0.15) is 0 Å². The minimum atomic E-state index is -5.08. The molecule has 41 heavy (non-hydrogen) atoms. The zero-order valence-corrected chi connectivity index (χ0v) is 21.9. The highest BCUT2D eigenvalue weighted by Crippen LogP contribution is 2.65. The van der Waals surface area contributed by atoms with Gasteiger partial charge in [-0.1, -0.05) is 54.6 Å². The summed E-state index contributed by atoms with van der Waals surface area (Å²) < 4.78 is 37.2. The maximum Gasteiger partial charge on any atom is 0.490 e. The molecule has 1 saturated carbocycles. The molecule has 1 aromatic heterocycles. The summed E-state index contributed by atoms with van der Waals surface area (Å²) in [5.74, 6) is -2.43. The Labute approximate surface area is 233 Å². The molecule has 212 valence electrons. The number of carboxylic acids is 1. The predicted molar refractivity (Wildman–Crippen MR) is 145 cm³/mol. The largest absolute Gasteiger partial charge is 0.490 e. The number of morpholine rings is 1. The topological polar surface area (TPSA) is 108 Å². The number of para-hydroxylation sites is 1. The lowest BCUT2D eigenvalue weighted by Gasteiger charge is -2.26. The summed E-state index contributed by atoms with van der Waals surface area (Å²) in [6.07, 6.45) is -4.23. The molecule has 2 aliphatic heterocycles. The second-order valence-corrected chi connectivity index (χ2v) is 10.5. The van der Waals surface area contributed by atoms with E-state index in [-0.39, 0.29) is 11.8 Å². The van der Waals surface area contributed by atoms with Crippen LogP contribution in [0.25, 0.3) is 22.2 Å². The number of anilines is 1. The van der Waals surface area contributed by atoms with Crippen molar-refractivity contribution in [2.45, 2.75) is 30.5 Å². The van der Waals surface area contributed by atoms with Crippen LogP contribution >= 0.6 is 0 Å². The van der Waals surface area contributed by atoms with E-state index in [9.17, 15) is 18.0 Å². The van der Waals surface area contributed by atoms with Crippen LogP contribution in [0.4, 0.5) is 18.9 Å². The van der Waals surface area contributed by atoms with Crippen molar-refractivity contribution >= 4 is 28.5 Å². The van der Waals surface area contributed by atoms with Crippen LogP contribution in [0.3, 0.4) is 0 Å². The minimum absolute atomic E-state index is 0.126. The summed E-state index contributed by atoms with van der Waals surface area (Å²) in [6.45, 7) is 4.57. The molecule has 3 aliphatic rings. The molecule has 2 unspecified atom stereocenters. The van der Waals surface area contributed by atoms with E-state index in [1.54, 1.807) is 0 Å². The van der Waals surface area contributed by atoms with Crippen molar-refractivity contribution in [2.75, 3.05) is 31.6 Å². The lowest BCUT2D eigenvalue weighted by atomic mass is 9.91. The second-order valence-electron chi connectivity index (χ2n) is 10.5. The third-order valence-electron chi connectivity index (χ3n) is 7.99. The number of amides is 1. The molecule has 0 bridgehead atoms. The summed E-state index contributed by atoms with van der Waals surface area (Å²) in [7, 11) is 0. The molecule has 4 aromatic rings. The molecule has 2 atom stereocenters. The quantitative estimate of drug-likeness (QED) is 0.320. The van der Waals surface area contributed by atoms with Gasteiger partial charge in [0.05, 0.1) is 29.8 Å². The number of hydrogen-bond acceptors (Lipinski definition) is 5. The van der Waals surface area contributed by atoms with Crippen LogP contribution in [0.2, 0.25) is 0 Å². The lowest BCUT2D eigenvalue weighted by molar-refractivity contribution is -0.192. The van der Waals surface area contributed by atoms with Crippen molar-refractivity contribution in [3.05, 3.63) is 83.4 Å². The van der Waals surface area contributed by atoms with Crippen LogP contribution < -0.4 is 5.32 Å². The normalized spacial score (nSPS) is 21.7. The number of rotatable bonds is 4. The van der Waals surface area contributed by atoms with Gasteiger partial charge in [0.2, 0.25) is 5.91 Å². The highest BCUT2D eigenvalue weighted by molar-refractivity contribution is 6.10. The van der Waals surface area contributed by atoms with Gasteiger partial charge < -0.3 is 15.2 Å². The molecular weight excluding hydrogens is 537 g/mol. The first-order chi connectivity index (χ1) is 19.7. The number of fused-ring (bicyclic) bond motifs is 3. The van der Waals surface area contributed by atoms with Crippen molar-refractivity contribution in [1.82, 2.24) is 15.1 Å². The van der Waals surface area contributed by atoms with Crippen LogP contribution in [0, 0.1) is 0 Å². The third-order valence-corrected chi connectivity index (χ3v) is 7.99. The maximum absolute atomic E-state index is 12.9. The Hall–Kier alpha value is -4.22. The number of carbonyl (C=O) groups excluding carboxylic acids is 1. The number of nitrogens with one attached hydrogen (secondary N) is 2. The van der Waals surface area contributed by atoms with Crippen LogP contribution in [0.5, 0.6) is 0 Å². The molecular formula is C30H27F3N4O4. The van der Waals surface area contributed by atoms with Crippen molar-refractivity contribution < 1.29 is 32.6 Å². The summed E-state index contributed by atoms with van der Waals surface area (Å²) in [6, 6.07) is 23.3. The van der Waals surface area contributed by atoms with Gasteiger partial charge in [-0.25, -0.2) is 4.79 Å². The Kier molecular flexibility index (Phi) is 6.79. The van der Waals surface area contributed by atoms with Crippen LogP contribution in [-0.2, 0) is 26.3 Å². The van der Waals surface area contributed by atoms with Gasteiger partial charge in [-0.05, 0) is 35.2 Å². The van der Waals surface area contributed by atoms with E-state index in [2.05, 4.69) is 68.9 Å². The number of aliphatic carboxylic acids is 1. The molecule has 1 saturated heterocycles. The van der Waals surface area contributed by atoms with Crippen molar-refractivity contribution in [1.29, 1.82) is 0 Å². The molecule has 3 aromatic carbocycles. The average molecular weight is 565 g/mol. The lowest BCUT2D eigenvalue weighted by Crippen LogP contribution is -2.35. The second kappa shape index (κ2) is 10.3. The molecule has 3 heterocycles. The average Bonchev–Trinajstić information content (AvgIpc) is 3.48. The van der Waals surface area contributed by atoms with Crippen LogP contribution in [0.15, 0.2) is 66.7 Å². The smallest absolute Gasteiger partial charge is 0.475 e. The fourth-order valence-electron chi connectivity index (χ4n) is 5.81. The number of ether oxygens (including phenoxy) is 1. The van der Waals surface area contributed by atoms with E-state index < -0.39 is 17.6 Å². The van der Waals surface area contributed by atoms with Gasteiger partial charge in [-0.15, -0.1) is 0 Å². The van der Waals surface area contributed by atoms with Gasteiger partial charge in [0.15, 0.2) is 0 Å². The highest BCUT2D eigenvalue weighted by atomic mass is 19.4. The third kappa shape index (κ3) is 5.07. The van der Waals surface area contributed by atoms with Gasteiger partial charge in [-0.2, -0.15) is 18.3 Å². The number of halogens is 3. The fraction of sp³-hybridized carbons (Fsp3) is 0.300. The number of aromatic amines is 1.